The van der Waals surface area contributed by atoms with Gasteiger partial charge >= 0.3 is 5.69 Å². The highest BCUT2D eigenvalue weighted by molar-refractivity contribution is 7.13. The third-order valence-corrected chi connectivity index (χ3v) is 8.12. The lowest BCUT2D eigenvalue weighted by molar-refractivity contribution is -0.644. The van der Waals surface area contributed by atoms with Crippen molar-refractivity contribution in [3.63, 3.8) is 0 Å². The van der Waals surface area contributed by atoms with E-state index in [9.17, 15) is 4.91 Å². The first-order valence-electron chi connectivity index (χ1n) is 12.3. The van der Waals surface area contributed by atoms with Gasteiger partial charge in [0.15, 0.2) is 11.1 Å². The van der Waals surface area contributed by atoms with Crippen molar-refractivity contribution in [2.24, 2.45) is 5.92 Å². The zero-order chi connectivity index (χ0) is 22.9. The van der Waals surface area contributed by atoms with Gasteiger partial charge in [0.05, 0.1) is 22.7 Å². The van der Waals surface area contributed by atoms with Crippen LogP contribution in [0.2, 0.25) is 0 Å². The van der Waals surface area contributed by atoms with Crippen molar-refractivity contribution in [1.29, 1.82) is 0 Å². The summed E-state index contributed by atoms with van der Waals surface area (Å²) < 4.78 is 11.6. The Hall–Kier alpha value is -2.97. The van der Waals surface area contributed by atoms with Gasteiger partial charge in [-0.3, -0.25) is 4.90 Å². The molecule has 0 amide bonds. The molecule has 2 aliphatic heterocycles. The fourth-order valence-corrected chi connectivity index (χ4v) is 6.15. The molecule has 34 heavy (non-hydrogen) atoms. The van der Waals surface area contributed by atoms with Crippen LogP contribution in [0.5, 0.6) is 0 Å². The van der Waals surface area contributed by atoms with Crippen LogP contribution in [0.25, 0.3) is 21.1 Å². The summed E-state index contributed by atoms with van der Waals surface area (Å²) in [6.07, 6.45) is 4.98. The molecule has 0 radical (unpaired) electrons. The highest BCUT2D eigenvalue weighted by Gasteiger charge is 2.33. The molecule has 2 aromatic carbocycles. The van der Waals surface area contributed by atoms with Gasteiger partial charge in [-0.25, -0.2) is 0 Å². The third-order valence-electron chi connectivity index (χ3n) is 7.30. The van der Waals surface area contributed by atoms with E-state index in [1.807, 2.05) is 29.3 Å². The first-order valence-corrected chi connectivity index (χ1v) is 13.0. The predicted octanol–water partition coefficient (Wildman–Crippen LogP) is 5.29. The molecule has 2 aliphatic rings. The molecule has 7 nitrogen and oxygen atoms in total. The van der Waals surface area contributed by atoms with Crippen molar-refractivity contribution in [3.05, 3.63) is 59.7 Å². The number of anilines is 1. The Morgan fingerprint density at radius 3 is 2.68 bits per heavy atom. The molecule has 2 aromatic heterocycles. The van der Waals surface area contributed by atoms with Crippen LogP contribution in [0, 0.1) is 10.8 Å². The number of fused-ring (bicyclic) bond motifs is 2. The first kappa shape index (κ1) is 21.6. The lowest BCUT2D eigenvalue weighted by atomic mass is 9.95. The van der Waals surface area contributed by atoms with Gasteiger partial charge in [-0.2, -0.15) is 4.37 Å². The molecule has 2 saturated heterocycles. The van der Waals surface area contributed by atoms with E-state index in [-0.39, 0.29) is 0 Å². The molecular weight excluding hydrogens is 446 g/mol. The fraction of sp³-hybridized carbons (Fsp3) is 0.423. The smallest absolute Gasteiger partial charge is 0.337 e. The number of piperazine rings is 1. The summed E-state index contributed by atoms with van der Waals surface area (Å²) in [7, 11) is 0. The van der Waals surface area contributed by atoms with Gasteiger partial charge in [0.2, 0.25) is 0 Å². The van der Waals surface area contributed by atoms with E-state index in [1.54, 1.807) is 17.8 Å². The number of hydrogen-bond acceptors (Lipinski definition) is 6. The minimum Gasteiger partial charge on any atom is -0.457 e. The van der Waals surface area contributed by atoms with E-state index in [1.165, 1.54) is 16.5 Å². The first-order chi connectivity index (χ1) is 16.8. The summed E-state index contributed by atoms with van der Waals surface area (Å²) in [4.78, 5) is 19.2. The zero-order valence-electron chi connectivity index (χ0n) is 19.3. The van der Waals surface area contributed by atoms with Crippen molar-refractivity contribution < 1.29 is 9.29 Å². The Balaban J connectivity index is 1.02. The number of hydrogen-bond donors (Lipinski definition) is 0. The molecule has 0 N–H and O–H groups in total. The lowest BCUT2D eigenvalue weighted by Gasteiger charge is -2.36. The van der Waals surface area contributed by atoms with Crippen molar-refractivity contribution in [3.8, 4) is 0 Å². The summed E-state index contributed by atoms with van der Waals surface area (Å²) >= 11 is 1.59. The number of rotatable bonds is 6. The molecule has 0 bridgehead atoms. The van der Waals surface area contributed by atoms with E-state index < -0.39 is 0 Å². The monoisotopic (exact) mass is 476 g/mol. The maximum Gasteiger partial charge on any atom is 0.337 e. The van der Waals surface area contributed by atoms with Crippen LogP contribution in [0.15, 0.2) is 59.2 Å². The van der Waals surface area contributed by atoms with Gasteiger partial charge in [-0.15, -0.1) is 5.01 Å². The van der Waals surface area contributed by atoms with Crippen LogP contribution in [0.3, 0.4) is 0 Å². The highest BCUT2D eigenvalue weighted by Crippen LogP contribution is 2.32. The Morgan fingerprint density at radius 1 is 1.00 bits per heavy atom. The van der Waals surface area contributed by atoms with E-state index in [0.29, 0.717) is 11.6 Å². The molecule has 1 unspecified atom stereocenters. The van der Waals surface area contributed by atoms with Gasteiger partial charge in [0.25, 0.3) is 0 Å². The highest BCUT2D eigenvalue weighted by atomic mass is 32.1. The molecule has 4 aromatic rings. The van der Waals surface area contributed by atoms with Crippen molar-refractivity contribution >= 4 is 44.1 Å². The van der Waals surface area contributed by atoms with E-state index >= 15 is 0 Å². The molecular formula is C26H30N5O2S+. The number of piperidine rings is 1. The zero-order valence-corrected chi connectivity index (χ0v) is 20.1. The summed E-state index contributed by atoms with van der Waals surface area (Å²) in [6.45, 7) is 6.89. The van der Waals surface area contributed by atoms with Gasteiger partial charge in [0, 0.05) is 31.6 Å². The molecule has 176 valence electrons. The van der Waals surface area contributed by atoms with Crippen LogP contribution in [0.1, 0.15) is 19.3 Å². The normalized spacial score (nSPS) is 19.8. The number of nitrogens with zero attached hydrogens (tertiary/aromatic N) is 5. The molecule has 6 rings (SSSR count). The Bertz CT molecular complexity index is 1290. The molecule has 0 aliphatic carbocycles. The van der Waals surface area contributed by atoms with Crippen LogP contribution in [-0.4, -0.2) is 65.0 Å². The average Bonchev–Trinajstić information content (AvgIpc) is 3.52. The van der Waals surface area contributed by atoms with Crippen LogP contribution in [0.4, 0.5) is 11.5 Å². The van der Waals surface area contributed by atoms with Crippen molar-refractivity contribution in [2.75, 3.05) is 50.7 Å². The summed E-state index contributed by atoms with van der Waals surface area (Å²) in [5, 5.41) is 4.11. The average molecular weight is 477 g/mol. The minimum atomic E-state index is 0.545. The lowest BCUT2D eigenvalue weighted by Crippen LogP contribution is -2.47. The van der Waals surface area contributed by atoms with Crippen molar-refractivity contribution in [2.45, 2.75) is 19.3 Å². The van der Waals surface area contributed by atoms with Gasteiger partial charge in [0.1, 0.15) is 16.8 Å². The number of benzene rings is 2. The predicted molar refractivity (Wildman–Crippen MR) is 137 cm³/mol. The molecule has 2 fully saturated rings. The fourth-order valence-electron chi connectivity index (χ4n) is 5.36. The van der Waals surface area contributed by atoms with E-state index in [2.05, 4.69) is 34.1 Å². The summed E-state index contributed by atoms with van der Waals surface area (Å²) in [6, 6.07) is 16.3. The minimum absolute atomic E-state index is 0.545. The molecule has 8 heteroatoms. The number of nitroso groups, excluding NO2 is 1. The maximum atomic E-state index is 13.1. The quantitative estimate of drug-likeness (QED) is 0.352. The molecule has 0 spiro atoms. The second-order valence-corrected chi connectivity index (χ2v) is 10.2. The summed E-state index contributed by atoms with van der Waals surface area (Å²) in [5.41, 5.74) is 1.37. The summed E-state index contributed by atoms with van der Waals surface area (Å²) in [5.74, 6) is 1.69. The van der Waals surface area contributed by atoms with Crippen LogP contribution in [-0.2, 0) is 0 Å². The Kier molecular flexibility index (Phi) is 5.93. The van der Waals surface area contributed by atoms with Crippen LogP contribution >= 0.6 is 11.5 Å². The number of hydrazine groups is 1. The SMILES string of the molecule is O=[N+](c1coc2ccccc12)N1CCCC(CCN2CCN(c3nsc4ccccc34)CC2)C1. The standard InChI is InChI=1S/C26H30N5O2S/c32-31(23-19-33-24-9-3-1-7-21(23)24)30-12-5-6-20(18-30)11-13-28-14-16-29(17-15-28)26-22-8-2-4-10-25(22)34-27-26/h1-4,7-10,19-20H,5-6,11-18H2/q+1. The maximum absolute atomic E-state index is 13.1. The second kappa shape index (κ2) is 9.35. The van der Waals surface area contributed by atoms with E-state index in [0.717, 1.165) is 80.3 Å². The molecule has 1 atom stereocenters. The number of para-hydroxylation sites is 1. The Labute approximate surface area is 203 Å². The van der Waals surface area contributed by atoms with E-state index in [4.69, 9.17) is 8.79 Å². The number of aromatic nitrogens is 1. The second-order valence-electron chi connectivity index (χ2n) is 9.43. The molecule has 4 heterocycles. The number of furan rings is 1. The van der Waals surface area contributed by atoms with Crippen LogP contribution < -0.4 is 4.90 Å². The Morgan fingerprint density at radius 2 is 1.79 bits per heavy atom. The van der Waals surface area contributed by atoms with Gasteiger partial charge in [-0.05, 0) is 67.5 Å². The third kappa shape index (κ3) is 4.16. The van der Waals surface area contributed by atoms with Crippen molar-refractivity contribution in [1.82, 2.24) is 14.3 Å². The van der Waals surface area contributed by atoms with Gasteiger partial charge < -0.3 is 9.32 Å². The topological polar surface area (TPSA) is 55.8 Å². The molecule has 0 saturated carbocycles. The largest absolute Gasteiger partial charge is 0.457 e. The van der Waals surface area contributed by atoms with Gasteiger partial charge in [-0.1, -0.05) is 24.3 Å².